The van der Waals surface area contributed by atoms with Crippen molar-refractivity contribution >= 4 is 11.8 Å². The predicted octanol–water partition coefficient (Wildman–Crippen LogP) is 3.92. The van der Waals surface area contributed by atoms with Crippen molar-refractivity contribution in [2.75, 3.05) is 13.1 Å². The highest BCUT2D eigenvalue weighted by Crippen LogP contribution is 2.24. The summed E-state index contributed by atoms with van der Waals surface area (Å²) in [5.74, 6) is 0.122. The molecule has 0 radical (unpaired) electrons. The van der Waals surface area contributed by atoms with E-state index in [1.54, 1.807) is 0 Å². The molecule has 2 amide bonds. The van der Waals surface area contributed by atoms with E-state index in [2.05, 4.69) is 41.9 Å². The molecule has 2 heterocycles. The minimum Gasteiger partial charge on any atom is -0.352 e. The highest BCUT2D eigenvalue weighted by molar-refractivity contribution is 5.98. The van der Waals surface area contributed by atoms with Gasteiger partial charge in [0.05, 0.1) is 11.3 Å². The number of aromatic nitrogens is 1. The van der Waals surface area contributed by atoms with Crippen molar-refractivity contribution in [1.82, 2.24) is 14.8 Å². The zero-order valence-electron chi connectivity index (χ0n) is 17.4. The lowest BCUT2D eigenvalue weighted by atomic mass is 10.0. The lowest BCUT2D eigenvalue weighted by molar-refractivity contribution is -0.122. The van der Waals surface area contributed by atoms with E-state index in [1.807, 2.05) is 30.9 Å². The molecule has 28 heavy (non-hydrogen) atoms. The minimum atomic E-state index is 0.0417. The number of carbonyl (C=O) groups excluding carboxylic acids is 2. The third-order valence-corrected chi connectivity index (χ3v) is 5.45. The van der Waals surface area contributed by atoms with Gasteiger partial charge in [-0.25, -0.2) is 0 Å². The average molecular weight is 382 g/mol. The molecule has 1 N–H and O–H groups in total. The standard InChI is InChI=1S/C23H31N3O2/c1-5-7-22(27)24-19-8-6-13-25(15-19)23(28)20-14-16(2)9-12-21(20)26-17(3)10-11-18(26)4/h9-12,14,19H,5-8,13,15H2,1-4H3,(H,24,27). The van der Waals surface area contributed by atoms with E-state index in [4.69, 9.17) is 0 Å². The van der Waals surface area contributed by atoms with Gasteiger partial charge in [-0.05, 0) is 64.3 Å². The van der Waals surface area contributed by atoms with Crippen LogP contribution in [0.2, 0.25) is 0 Å². The van der Waals surface area contributed by atoms with Crippen molar-refractivity contribution < 1.29 is 9.59 Å². The number of carbonyl (C=O) groups is 2. The summed E-state index contributed by atoms with van der Waals surface area (Å²) >= 11 is 0. The quantitative estimate of drug-likeness (QED) is 0.853. The van der Waals surface area contributed by atoms with Crippen LogP contribution in [0.3, 0.4) is 0 Å². The second-order valence-corrected chi connectivity index (χ2v) is 7.88. The minimum absolute atomic E-state index is 0.0417. The molecular weight excluding hydrogens is 350 g/mol. The van der Waals surface area contributed by atoms with Gasteiger partial charge in [-0.3, -0.25) is 9.59 Å². The van der Waals surface area contributed by atoms with Gasteiger partial charge in [0, 0.05) is 36.9 Å². The third kappa shape index (κ3) is 4.29. The highest BCUT2D eigenvalue weighted by Gasteiger charge is 2.27. The van der Waals surface area contributed by atoms with Crippen LogP contribution in [0.25, 0.3) is 5.69 Å². The van der Waals surface area contributed by atoms with E-state index >= 15 is 0 Å². The van der Waals surface area contributed by atoms with Gasteiger partial charge >= 0.3 is 0 Å². The van der Waals surface area contributed by atoms with Crippen LogP contribution in [-0.4, -0.2) is 40.4 Å². The van der Waals surface area contributed by atoms with Crippen molar-refractivity contribution in [3.63, 3.8) is 0 Å². The second-order valence-electron chi connectivity index (χ2n) is 7.88. The Balaban J connectivity index is 1.86. The number of nitrogens with one attached hydrogen (secondary N) is 1. The van der Waals surface area contributed by atoms with E-state index < -0.39 is 0 Å². The molecule has 3 rings (SSSR count). The highest BCUT2D eigenvalue weighted by atomic mass is 16.2. The smallest absolute Gasteiger partial charge is 0.256 e. The molecule has 1 aromatic carbocycles. The number of nitrogens with zero attached hydrogens (tertiary/aromatic N) is 2. The third-order valence-electron chi connectivity index (χ3n) is 5.45. The molecule has 1 atom stereocenters. The number of likely N-dealkylation sites (tertiary alicyclic amines) is 1. The van der Waals surface area contributed by atoms with Crippen LogP contribution in [0.4, 0.5) is 0 Å². The fourth-order valence-electron chi connectivity index (χ4n) is 4.04. The monoisotopic (exact) mass is 381 g/mol. The predicted molar refractivity (Wildman–Crippen MR) is 112 cm³/mol. The van der Waals surface area contributed by atoms with Crippen LogP contribution >= 0.6 is 0 Å². The molecule has 1 aliphatic heterocycles. The number of amides is 2. The van der Waals surface area contributed by atoms with Gasteiger partial charge in [0.1, 0.15) is 0 Å². The Kier molecular flexibility index (Phi) is 6.22. The van der Waals surface area contributed by atoms with Crippen LogP contribution in [0.5, 0.6) is 0 Å². The molecule has 150 valence electrons. The first kappa shape index (κ1) is 20.2. The summed E-state index contributed by atoms with van der Waals surface area (Å²) in [6.45, 7) is 9.44. The number of piperidine rings is 1. The maximum Gasteiger partial charge on any atom is 0.256 e. The first-order chi connectivity index (χ1) is 13.4. The molecule has 0 bridgehead atoms. The SMILES string of the molecule is CCCC(=O)NC1CCCN(C(=O)c2cc(C)ccc2-n2c(C)ccc2C)C1. The Hall–Kier alpha value is -2.56. The van der Waals surface area contributed by atoms with E-state index in [0.717, 1.165) is 54.0 Å². The van der Waals surface area contributed by atoms with E-state index in [9.17, 15) is 9.59 Å². The normalized spacial score (nSPS) is 16.9. The van der Waals surface area contributed by atoms with Gasteiger partial charge in [0.2, 0.25) is 5.91 Å². The maximum absolute atomic E-state index is 13.4. The number of hydrogen-bond acceptors (Lipinski definition) is 2. The Morgan fingerprint density at radius 3 is 2.50 bits per heavy atom. The number of rotatable bonds is 5. The van der Waals surface area contributed by atoms with E-state index in [0.29, 0.717) is 13.0 Å². The molecule has 0 aliphatic carbocycles. The van der Waals surface area contributed by atoms with E-state index in [1.165, 1.54) is 0 Å². The Morgan fingerprint density at radius 1 is 1.11 bits per heavy atom. The van der Waals surface area contributed by atoms with Gasteiger partial charge in [-0.1, -0.05) is 18.6 Å². The fraction of sp³-hybridized carbons (Fsp3) is 0.478. The van der Waals surface area contributed by atoms with Crippen molar-refractivity contribution in [3.8, 4) is 5.69 Å². The Morgan fingerprint density at radius 2 is 1.82 bits per heavy atom. The molecule has 1 aromatic heterocycles. The van der Waals surface area contributed by atoms with Gasteiger partial charge in [-0.2, -0.15) is 0 Å². The molecule has 1 saturated heterocycles. The summed E-state index contributed by atoms with van der Waals surface area (Å²) < 4.78 is 2.14. The van der Waals surface area contributed by atoms with Gasteiger partial charge < -0.3 is 14.8 Å². The molecule has 0 saturated carbocycles. The van der Waals surface area contributed by atoms with Crippen LogP contribution in [-0.2, 0) is 4.79 Å². The molecule has 2 aromatic rings. The van der Waals surface area contributed by atoms with Crippen LogP contribution in [0, 0.1) is 20.8 Å². The molecule has 5 nitrogen and oxygen atoms in total. The van der Waals surface area contributed by atoms with Gasteiger partial charge in [-0.15, -0.1) is 0 Å². The van der Waals surface area contributed by atoms with Crippen LogP contribution < -0.4 is 5.32 Å². The summed E-state index contributed by atoms with van der Waals surface area (Å²) in [7, 11) is 0. The zero-order chi connectivity index (χ0) is 20.3. The van der Waals surface area contributed by atoms with E-state index in [-0.39, 0.29) is 17.9 Å². The van der Waals surface area contributed by atoms with Crippen LogP contribution in [0.1, 0.15) is 59.9 Å². The summed E-state index contributed by atoms with van der Waals surface area (Å²) in [6, 6.07) is 10.3. The molecule has 1 aliphatic rings. The first-order valence-corrected chi connectivity index (χ1v) is 10.2. The maximum atomic E-state index is 13.4. The topological polar surface area (TPSA) is 54.3 Å². The molecular formula is C23H31N3O2. The van der Waals surface area contributed by atoms with Gasteiger partial charge in [0.15, 0.2) is 0 Å². The molecule has 1 fully saturated rings. The van der Waals surface area contributed by atoms with Crippen LogP contribution in [0.15, 0.2) is 30.3 Å². The Bertz CT molecular complexity index is 849. The average Bonchev–Trinajstić information content (AvgIpc) is 3.00. The summed E-state index contributed by atoms with van der Waals surface area (Å²) in [5, 5.41) is 3.09. The molecule has 5 heteroatoms. The summed E-state index contributed by atoms with van der Waals surface area (Å²) in [6.07, 6.45) is 3.21. The molecule has 0 spiro atoms. The molecule has 1 unspecified atom stereocenters. The van der Waals surface area contributed by atoms with Crippen molar-refractivity contribution in [2.24, 2.45) is 0 Å². The largest absolute Gasteiger partial charge is 0.352 e. The lowest BCUT2D eigenvalue weighted by Crippen LogP contribution is -2.49. The number of aryl methyl sites for hydroxylation is 3. The second kappa shape index (κ2) is 8.63. The number of benzene rings is 1. The number of hydrogen-bond donors (Lipinski definition) is 1. The first-order valence-electron chi connectivity index (χ1n) is 10.2. The van der Waals surface area contributed by atoms with Crippen molar-refractivity contribution in [3.05, 3.63) is 52.8 Å². The summed E-state index contributed by atoms with van der Waals surface area (Å²) in [4.78, 5) is 27.3. The zero-order valence-corrected chi connectivity index (χ0v) is 17.4. The summed E-state index contributed by atoms with van der Waals surface area (Å²) in [5.41, 5.74) is 4.94. The van der Waals surface area contributed by atoms with Crippen molar-refractivity contribution in [1.29, 1.82) is 0 Å². The Labute approximate surface area is 167 Å². The van der Waals surface area contributed by atoms with Crippen molar-refractivity contribution in [2.45, 2.75) is 59.4 Å². The lowest BCUT2D eigenvalue weighted by Gasteiger charge is -2.34. The van der Waals surface area contributed by atoms with Gasteiger partial charge in [0.25, 0.3) is 5.91 Å². The fourth-order valence-corrected chi connectivity index (χ4v) is 4.04.